The van der Waals surface area contributed by atoms with Crippen LogP contribution in [-0.4, -0.2) is 34.5 Å². The number of aliphatic hydroxyl groups excluding tert-OH is 2. The fraction of sp³-hybridized carbons (Fsp3) is 0.923. The van der Waals surface area contributed by atoms with Crippen molar-refractivity contribution < 1.29 is 20.1 Å². The first-order chi connectivity index (χ1) is 8.06. The quantitative estimate of drug-likeness (QED) is 0.451. The molecule has 0 rings (SSSR count). The first kappa shape index (κ1) is 18.9. The van der Waals surface area contributed by atoms with E-state index in [1.807, 2.05) is 0 Å². The highest BCUT2D eigenvalue weighted by molar-refractivity contribution is 5.53. The van der Waals surface area contributed by atoms with Crippen molar-refractivity contribution in [1.29, 1.82) is 0 Å². The number of carbonyl (C=O) groups is 1. The fourth-order valence-corrected chi connectivity index (χ4v) is 1.29. The standard InChI is InChI=1S/C8H18O.C5H10O3/c1-3-5-6-8(4-2)7-9;1-2-4(3-6)5(7)8/h8-9H,3-7H2,1-2H3;3-5,7-8H,2H2,1H3. The Morgan fingerprint density at radius 3 is 1.88 bits per heavy atom. The van der Waals surface area contributed by atoms with Crippen LogP contribution in [0.1, 0.15) is 52.9 Å². The molecule has 0 aliphatic rings. The summed E-state index contributed by atoms with van der Waals surface area (Å²) < 4.78 is 0. The molecule has 0 heterocycles. The van der Waals surface area contributed by atoms with E-state index in [0.717, 1.165) is 6.42 Å². The van der Waals surface area contributed by atoms with Crippen LogP contribution in [0.15, 0.2) is 0 Å². The van der Waals surface area contributed by atoms with E-state index in [0.29, 0.717) is 25.2 Å². The number of aldehydes is 1. The SMILES string of the molecule is CCC(C=O)C(O)O.CCCCC(CC)CO. The van der Waals surface area contributed by atoms with Gasteiger partial charge in [0.25, 0.3) is 0 Å². The number of hydrogen-bond acceptors (Lipinski definition) is 4. The first-order valence-electron chi connectivity index (χ1n) is 6.49. The molecule has 0 aliphatic carbocycles. The summed E-state index contributed by atoms with van der Waals surface area (Å²) in [5.74, 6) is -0.0556. The number of rotatable bonds is 8. The Labute approximate surface area is 105 Å². The topological polar surface area (TPSA) is 77.8 Å². The van der Waals surface area contributed by atoms with Gasteiger partial charge in [-0.25, -0.2) is 0 Å². The maximum absolute atomic E-state index is 9.86. The average molecular weight is 248 g/mol. The van der Waals surface area contributed by atoms with E-state index in [-0.39, 0.29) is 0 Å². The Hall–Kier alpha value is -0.450. The molecule has 0 radical (unpaired) electrons. The third kappa shape index (κ3) is 11.8. The highest BCUT2D eigenvalue weighted by Gasteiger charge is 2.11. The zero-order valence-corrected chi connectivity index (χ0v) is 11.3. The van der Waals surface area contributed by atoms with Crippen LogP contribution in [0.5, 0.6) is 0 Å². The van der Waals surface area contributed by atoms with Gasteiger partial charge in [-0.2, -0.15) is 0 Å². The summed E-state index contributed by atoms with van der Waals surface area (Å²) in [5.41, 5.74) is 0. The van der Waals surface area contributed by atoms with Crippen molar-refractivity contribution in [2.45, 2.75) is 59.2 Å². The minimum atomic E-state index is -1.49. The molecule has 0 aromatic rings. The second-order valence-electron chi connectivity index (χ2n) is 4.22. The van der Waals surface area contributed by atoms with Crippen molar-refractivity contribution in [3.05, 3.63) is 0 Å². The summed E-state index contributed by atoms with van der Waals surface area (Å²) in [7, 11) is 0. The van der Waals surface area contributed by atoms with E-state index in [9.17, 15) is 4.79 Å². The zero-order valence-electron chi connectivity index (χ0n) is 11.3. The molecular formula is C13H28O4. The summed E-state index contributed by atoms with van der Waals surface area (Å²) in [6.07, 6.45) is 4.36. The van der Waals surface area contributed by atoms with Gasteiger partial charge in [0.15, 0.2) is 6.29 Å². The summed E-state index contributed by atoms with van der Waals surface area (Å²) >= 11 is 0. The molecule has 3 N–H and O–H groups in total. The fourth-order valence-electron chi connectivity index (χ4n) is 1.29. The van der Waals surface area contributed by atoms with Crippen molar-refractivity contribution >= 4 is 6.29 Å². The molecule has 0 spiro atoms. The van der Waals surface area contributed by atoms with E-state index in [2.05, 4.69) is 13.8 Å². The van der Waals surface area contributed by atoms with Gasteiger partial charge in [-0.15, -0.1) is 0 Å². The summed E-state index contributed by atoms with van der Waals surface area (Å²) in [6, 6.07) is 0. The van der Waals surface area contributed by atoms with E-state index in [1.54, 1.807) is 6.92 Å². The molecule has 0 bridgehead atoms. The lowest BCUT2D eigenvalue weighted by Gasteiger charge is -2.08. The predicted octanol–water partition coefficient (Wildman–Crippen LogP) is 1.72. The molecule has 2 unspecified atom stereocenters. The lowest BCUT2D eigenvalue weighted by Crippen LogP contribution is -2.19. The zero-order chi connectivity index (χ0) is 13.7. The Bertz CT molecular complexity index is 155. The van der Waals surface area contributed by atoms with Gasteiger partial charge in [-0.3, -0.25) is 0 Å². The molecule has 0 saturated carbocycles. The minimum absolute atomic E-state index is 0.372. The molecule has 17 heavy (non-hydrogen) atoms. The second kappa shape index (κ2) is 13.6. The number of unbranched alkanes of at least 4 members (excludes halogenated alkanes) is 1. The van der Waals surface area contributed by atoms with Crippen LogP contribution in [0.25, 0.3) is 0 Å². The van der Waals surface area contributed by atoms with E-state index in [1.165, 1.54) is 19.3 Å². The lowest BCUT2D eigenvalue weighted by atomic mass is 10.0. The van der Waals surface area contributed by atoms with Crippen molar-refractivity contribution in [3.63, 3.8) is 0 Å². The van der Waals surface area contributed by atoms with Crippen LogP contribution < -0.4 is 0 Å². The van der Waals surface area contributed by atoms with Crippen LogP contribution in [-0.2, 0) is 4.79 Å². The highest BCUT2D eigenvalue weighted by Crippen LogP contribution is 2.10. The molecule has 0 aliphatic heterocycles. The smallest absolute Gasteiger partial charge is 0.160 e. The summed E-state index contributed by atoms with van der Waals surface area (Å²) in [6.45, 7) is 6.41. The third-order valence-corrected chi connectivity index (χ3v) is 2.83. The average Bonchev–Trinajstić information content (AvgIpc) is 2.32. The van der Waals surface area contributed by atoms with Crippen molar-refractivity contribution in [3.8, 4) is 0 Å². The summed E-state index contributed by atoms with van der Waals surface area (Å²) in [5, 5.41) is 25.4. The van der Waals surface area contributed by atoms with Crippen LogP contribution in [0.4, 0.5) is 0 Å². The normalized spacial score (nSPS) is 13.8. The molecule has 2 atom stereocenters. The molecule has 0 saturated heterocycles. The molecule has 4 heteroatoms. The van der Waals surface area contributed by atoms with Gasteiger partial charge in [0.2, 0.25) is 0 Å². The molecule has 0 amide bonds. The molecule has 0 aromatic heterocycles. The number of hydrogen-bond donors (Lipinski definition) is 3. The van der Waals surface area contributed by atoms with Gasteiger partial charge >= 0.3 is 0 Å². The van der Waals surface area contributed by atoms with Gasteiger partial charge in [0.05, 0.1) is 5.92 Å². The van der Waals surface area contributed by atoms with Crippen molar-refractivity contribution in [2.24, 2.45) is 11.8 Å². The number of carbonyl (C=O) groups excluding carboxylic acids is 1. The lowest BCUT2D eigenvalue weighted by molar-refractivity contribution is -0.128. The van der Waals surface area contributed by atoms with Crippen molar-refractivity contribution in [1.82, 2.24) is 0 Å². The Balaban J connectivity index is 0. The van der Waals surface area contributed by atoms with E-state index >= 15 is 0 Å². The Kier molecular flexibility index (Phi) is 15.1. The predicted molar refractivity (Wildman–Crippen MR) is 68.5 cm³/mol. The highest BCUT2D eigenvalue weighted by atomic mass is 16.5. The molecule has 4 nitrogen and oxygen atoms in total. The second-order valence-corrected chi connectivity index (χ2v) is 4.22. The van der Waals surface area contributed by atoms with Crippen LogP contribution in [0.3, 0.4) is 0 Å². The van der Waals surface area contributed by atoms with Gasteiger partial charge in [0, 0.05) is 6.61 Å². The Morgan fingerprint density at radius 1 is 1.12 bits per heavy atom. The van der Waals surface area contributed by atoms with E-state index in [4.69, 9.17) is 15.3 Å². The third-order valence-electron chi connectivity index (χ3n) is 2.83. The molecular weight excluding hydrogens is 220 g/mol. The first-order valence-corrected chi connectivity index (χ1v) is 6.49. The molecule has 0 aromatic carbocycles. The maximum Gasteiger partial charge on any atom is 0.160 e. The van der Waals surface area contributed by atoms with E-state index < -0.39 is 12.2 Å². The van der Waals surface area contributed by atoms with Gasteiger partial charge in [-0.1, -0.05) is 40.0 Å². The van der Waals surface area contributed by atoms with Gasteiger partial charge < -0.3 is 20.1 Å². The van der Waals surface area contributed by atoms with Crippen molar-refractivity contribution in [2.75, 3.05) is 6.61 Å². The van der Waals surface area contributed by atoms with Crippen LogP contribution in [0.2, 0.25) is 0 Å². The van der Waals surface area contributed by atoms with Crippen LogP contribution in [0, 0.1) is 11.8 Å². The molecule has 104 valence electrons. The minimum Gasteiger partial charge on any atom is -0.396 e. The van der Waals surface area contributed by atoms with Gasteiger partial charge in [-0.05, 0) is 18.8 Å². The summed E-state index contributed by atoms with van der Waals surface area (Å²) in [4.78, 5) is 9.86. The Morgan fingerprint density at radius 2 is 1.71 bits per heavy atom. The monoisotopic (exact) mass is 248 g/mol. The van der Waals surface area contributed by atoms with Crippen LogP contribution >= 0.6 is 0 Å². The maximum atomic E-state index is 9.86. The number of aliphatic hydroxyl groups is 3. The molecule has 0 fully saturated rings. The largest absolute Gasteiger partial charge is 0.396 e. The van der Waals surface area contributed by atoms with Gasteiger partial charge in [0.1, 0.15) is 6.29 Å².